The fraction of sp³-hybridized carbons (Fsp3) is 0.214. The second-order valence-corrected chi connectivity index (χ2v) is 4.84. The summed E-state index contributed by atoms with van der Waals surface area (Å²) >= 11 is 0. The van der Waals surface area contributed by atoms with E-state index in [1.165, 1.54) is 18.3 Å². The fourth-order valence-electron chi connectivity index (χ4n) is 2.46. The van der Waals surface area contributed by atoms with Gasteiger partial charge in [0, 0.05) is 5.56 Å². The van der Waals surface area contributed by atoms with E-state index < -0.39 is 5.54 Å². The lowest BCUT2D eigenvalue weighted by atomic mass is 9.90. The van der Waals surface area contributed by atoms with Crippen molar-refractivity contribution in [1.82, 2.24) is 9.55 Å². The monoisotopic (exact) mass is 268 g/mol. The lowest BCUT2D eigenvalue weighted by Crippen LogP contribution is -2.38. The molecule has 0 saturated carbocycles. The predicted octanol–water partition coefficient (Wildman–Crippen LogP) is 1.33. The van der Waals surface area contributed by atoms with Crippen LogP contribution in [0.4, 0.5) is 4.39 Å². The molecule has 0 saturated heterocycles. The summed E-state index contributed by atoms with van der Waals surface area (Å²) in [6.07, 6.45) is 1.44. The molecule has 6 heteroatoms. The molecule has 0 amide bonds. The Bertz CT molecular complexity index is 755. The molecule has 1 atom stereocenters. The molecule has 2 heterocycles. The number of aliphatic imine (C=N–C) groups is 1. The quantitative estimate of drug-likeness (QED) is 0.847. The SMILES string of the molecule is CC1(c2c[c]ccc2F)Cn2c(C#N)cnc2C(N)=N1. The highest BCUT2D eigenvalue weighted by Gasteiger charge is 2.35. The average Bonchev–Trinajstić information content (AvgIpc) is 2.82. The number of rotatable bonds is 1. The lowest BCUT2D eigenvalue weighted by Gasteiger charge is -2.31. The highest BCUT2D eigenvalue weighted by molar-refractivity contribution is 5.95. The van der Waals surface area contributed by atoms with E-state index in [4.69, 9.17) is 11.0 Å². The van der Waals surface area contributed by atoms with E-state index >= 15 is 0 Å². The van der Waals surface area contributed by atoms with Crippen molar-refractivity contribution in [3.63, 3.8) is 0 Å². The van der Waals surface area contributed by atoms with Crippen LogP contribution in [0.15, 0.2) is 29.4 Å². The summed E-state index contributed by atoms with van der Waals surface area (Å²) in [5.74, 6) is 0.271. The number of imidazole rings is 1. The van der Waals surface area contributed by atoms with E-state index in [1.54, 1.807) is 17.6 Å². The number of hydrogen-bond acceptors (Lipinski definition) is 4. The Balaban J connectivity index is 2.17. The average molecular weight is 268 g/mol. The van der Waals surface area contributed by atoms with Gasteiger partial charge in [-0.3, -0.25) is 4.99 Å². The van der Waals surface area contributed by atoms with Crippen LogP contribution >= 0.6 is 0 Å². The summed E-state index contributed by atoms with van der Waals surface area (Å²) in [5, 5.41) is 9.09. The Morgan fingerprint density at radius 1 is 1.60 bits per heavy atom. The van der Waals surface area contributed by atoms with Crippen LogP contribution in [0.5, 0.6) is 0 Å². The van der Waals surface area contributed by atoms with Gasteiger partial charge in [0.25, 0.3) is 0 Å². The third-order valence-corrected chi connectivity index (χ3v) is 3.42. The molecule has 1 unspecified atom stereocenters. The highest BCUT2D eigenvalue weighted by Crippen LogP contribution is 2.33. The largest absolute Gasteiger partial charge is 0.381 e. The molecule has 0 aliphatic carbocycles. The molecule has 5 nitrogen and oxygen atoms in total. The van der Waals surface area contributed by atoms with E-state index in [2.05, 4.69) is 16.0 Å². The van der Waals surface area contributed by atoms with Gasteiger partial charge in [0.1, 0.15) is 23.1 Å². The Hall–Kier alpha value is -2.68. The number of aromatic nitrogens is 2. The molecule has 3 rings (SSSR count). The lowest BCUT2D eigenvalue weighted by molar-refractivity contribution is 0.382. The van der Waals surface area contributed by atoms with E-state index in [0.29, 0.717) is 23.6 Å². The maximum Gasteiger partial charge on any atom is 0.176 e. The molecular weight excluding hydrogens is 257 g/mol. The van der Waals surface area contributed by atoms with Gasteiger partial charge < -0.3 is 10.3 Å². The standard InChI is InChI=1S/C14H11FN5/c1-14(10-4-2-3-5-11(10)15)8-20-9(6-16)7-18-13(20)12(17)19-14/h3-5,7H,8H2,1H3,(H2,17,19). The predicted molar refractivity (Wildman–Crippen MR) is 70.3 cm³/mol. The van der Waals surface area contributed by atoms with Gasteiger partial charge >= 0.3 is 0 Å². The van der Waals surface area contributed by atoms with Crippen molar-refractivity contribution in [3.8, 4) is 6.07 Å². The minimum atomic E-state index is -0.884. The molecule has 0 fully saturated rings. The van der Waals surface area contributed by atoms with Gasteiger partial charge in [0.05, 0.1) is 12.7 Å². The zero-order chi connectivity index (χ0) is 14.3. The second-order valence-electron chi connectivity index (χ2n) is 4.84. The van der Waals surface area contributed by atoms with Crippen LogP contribution < -0.4 is 5.73 Å². The molecule has 1 aliphatic rings. The number of fused-ring (bicyclic) bond motifs is 1. The highest BCUT2D eigenvalue weighted by atomic mass is 19.1. The third-order valence-electron chi connectivity index (χ3n) is 3.42. The van der Waals surface area contributed by atoms with Crippen LogP contribution in [0.3, 0.4) is 0 Å². The Labute approximate surface area is 115 Å². The summed E-state index contributed by atoms with van der Waals surface area (Å²) in [5.41, 5.74) is 5.79. The van der Waals surface area contributed by atoms with Crippen molar-refractivity contribution >= 4 is 5.84 Å². The minimum Gasteiger partial charge on any atom is -0.381 e. The van der Waals surface area contributed by atoms with Crippen LogP contribution in [0.2, 0.25) is 0 Å². The summed E-state index contributed by atoms with van der Waals surface area (Å²) in [6, 6.07) is 9.28. The summed E-state index contributed by atoms with van der Waals surface area (Å²) in [6.45, 7) is 2.08. The van der Waals surface area contributed by atoms with Gasteiger partial charge in [0.15, 0.2) is 11.7 Å². The fourth-order valence-corrected chi connectivity index (χ4v) is 2.46. The van der Waals surface area contributed by atoms with Crippen LogP contribution in [-0.2, 0) is 12.1 Å². The normalized spacial score (nSPS) is 20.9. The van der Waals surface area contributed by atoms with Gasteiger partial charge in [-0.15, -0.1) is 0 Å². The number of nitrogens with two attached hydrogens (primary N) is 1. The molecular formula is C14H11FN5. The van der Waals surface area contributed by atoms with Gasteiger partial charge in [-0.1, -0.05) is 6.07 Å². The third kappa shape index (κ3) is 1.67. The first-order chi connectivity index (χ1) is 9.55. The Kier molecular flexibility index (Phi) is 2.57. The molecule has 1 aliphatic heterocycles. The van der Waals surface area contributed by atoms with Gasteiger partial charge in [-0.05, 0) is 25.1 Å². The molecule has 0 bridgehead atoms. The first-order valence-corrected chi connectivity index (χ1v) is 6.02. The van der Waals surface area contributed by atoms with Crippen LogP contribution in [0.1, 0.15) is 24.0 Å². The van der Waals surface area contributed by atoms with E-state index in [-0.39, 0.29) is 11.7 Å². The number of benzene rings is 1. The zero-order valence-corrected chi connectivity index (χ0v) is 10.8. The molecule has 2 N–H and O–H groups in total. The molecule has 1 aromatic carbocycles. The Morgan fingerprint density at radius 2 is 2.40 bits per heavy atom. The minimum absolute atomic E-state index is 0.198. The van der Waals surface area contributed by atoms with E-state index in [0.717, 1.165) is 0 Å². The van der Waals surface area contributed by atoms with Crippen molar-refractivity contribution in [2.24, 2.45) is 10.7 Å². The van der Waals surface area contributed by atoms with Crippen molar-refractivity contribution in [2.45, 2.75) is 19.0 Å². The van der Waals surface area contributed by atoms with E-state index in [1.807, 2.05) is 6.07 Å². The van der Waals surface area contributed by atoms with Gasteiger partial charge in [0.2, 0.25) is 0 Å². The topological polar surface area (TPSA) is 80.0 Å². The molecule has 99 valence electrons. The van der Waals surface area contributed by atoms with Crippen LogP contribution in [0.25, 0.3) is 0 Å². The van der Waals surface area contributed by atoms with Crippen LogP contribution in [0, 0.1) is 23.2 Å². The maximum absolute atomic E-state index is 14.0. The smallest absolute Gasteiger partial charge is 0.176 e. The van der Waals surface area contributed by atoms with Crippen LogP contribution in [-0.4, -0.2) is 15.4 Å². The number of nitriles is 1. The number of amidine groups is 1. The maximum atomic E-state index is 14.0. The molecule has 0 spiro atoms. The molecule has 20 heavy (non-hydrogen) atoms. The summed E-state index contributed by atoms with van der Waals surface area (Å²) in [4.78, 5) is 8.45. The molecule has 1 aromatic heterocycles. The van der Waals surface area contributed by atoms with Crippen molar-refractivity contribution in [3.05, 3.63) is 53.4 Å². The van der Waals surface area contributed by atoms with Crippen molar-refractivity contribution < 1.29 is 4.39 Å². The van der Waals surface area contributed by atoms with Gasteiger partial charge in [-0.25, -0.2) is 9.37 Å². The summed E-state index contributed by atoms with van der Waals surface area (Å²) in [7, 11) is 0. The van der Waals surface area contributed by atoms with Crippen molar-refractivity contribution in [2.75, 3.05) is 0 Å². The molecule has 1 radical (unpaired) electrons. The summed E-state index contributed by atoms with van der Waals surface area (Å²) < 4.78 is 15.7. The number of halogens is 1. The number of nitrogens with zero attached hydrogens (tertiary/aromatic N) is 4. The number of hydrogen-bond donors (Lipinski definition) is 1. The second kappa shape index (κ2) is 4.17. The zero-order valence-electron chi connectivity index (χ0n) is 10.8. The Morgan fingerprint density at radius 3 is 3.10 bits per heavy atom. The molecule has 2 aromatic rings. The first-order valence-electron chi connectivity index (χ1n) is 6.02. The van der Waals surface area contributed by atoms with E-state index in [9.17, 15) is 4.39 Å². The van der Waals surface area contributed by atoms with Gasteiger partial charge in [-0.2, -0.15) is 5.26 Å². The van der Waals surface area contributed by atoms with Crippen molar-refractivity contribution in [1.29, 1.82) is 5.26 Å². The first kappa shape index (κ1) is 12.4.